The van der Waals surface area contributed by atoms with Crippen molar-refractivity contribution >= 4 is 11.6 Å². The number of phenolic OH excluding ortho intramolecular Hbond substituents is 1. The molecule has 0 aliphatic carbocycles. The number of carbonyl (C=O) groups is 1. The van der Waals surface area contributed by atoms with Crippen molar-refractivity contribution in [3.05, 3.63) is 23.8 Å². The number of hydrogen-bond donors (Lipinski definition) is 2. The van der Waals surface area contributed by atoms with Crippen molar-refractivity contribution in [1.29, 1.82) is 0 Å². The van der Waals surface area contributed by atoms with Gasteiger partial charge in [0.15, 0.2) is 0 Å². The molecular formula is C12H12F3NO3. The Morgan fingerprint density at radius 3 is 2.74 bits per heavy atom. The van der Waals surface area contributed by atoms with Gasteiger partial charge in [-0.15, -0.1) is 0 Å². The van der Waals surface area contributed by atoms with Crippen LogP contribution < -0.4 is 5.32 Å². The molecule has 1 aromatic carbocycles. The van der Waals surface area contributed by atoms with E-state index in [-0.39, 0.29) is 12.3 Å². The van der Waals surface area contributed by atoms with Crippen LogP contribution in [-0.2, 0) is 15.7 Å². The van der Waals surface area contributed by atoms with Gasteiger partial charge in [0.1, 0.15) is 5.75 Å². The van der Waals surface area contributed by atoms with Crippen molar-refractivity contribution < 1.29 is 27.8 Å². The predicted octanol–water partition coefficient (Wildman–Crippen LogP) is 2.39. The number of nitrogens with one attached hydrogen (secondary N) is 1. The van der Waals surface area contributed by atoms with E-state index in [9.17, 15) is 23.1 Å². The molecule has 1 aliphatic rings. The largest absolute Gasteiger partial charge is 0.506 e. The summed E-state index contributed by atoms with van der Waals surface area (Å²) in [5.41, 5.74) is -1.17. The lowest BCUT2D eigenvalue weighted by atomic mass is 10.1. The zero-order valence-corrected chi connectivity index (χ0v) is 9.83. The van der Waals surface area contributed by atoms with Crippen LogP contribution in [0.15, 0.2) is 18.2 Å². The van der Waals surface area contributed by atoms with Crippen molar-refractivity contribution in [2.45, 2.75) is 12.6 Å². The Morgan fingerprint density at radius 2 is 2.16 bits per heavy atom. The number of phenols is 1. The van der Waals surface area contributed by atoms with E-state index in [1.165, 1.54) is 0 Å². The number of benzene rings is 1. The maximum Gasteiger partial charge on any atom is 0.416 e. The third kappa shape index (κ3) is 3.17. The second kappa shape index (κ2) is 5.08. The Kier molecular flexibility index (Phi) is 3.66. The minimum absolute atomic E-state index is 0.242. The molecule has 1 fully saturated rings. The summed E-state index contributed by atoms with van der Waals surface area (Å²) < 4.78 is 42.6. The molecule has 1 atom stereocenters. The van der Waals surface area contributed by atoms with Crippen molar-refractivity contribution in [3.63, 3.8) is 0 Å². The second-order valence-electron chi connectivity index (χ2n) is 4.28. The van der Waals surface area contributed by atoms with Gasteiger partial charge < -0.3 is 15.2 Å². The topological polar surface area (TPSA) is 58.6 Å². The van der Waals surface area contributed by atoms with E-state index in [2.05, 4.69) is 5.32 Å². The van der Waals surface area contributed by atoms with E-state index in [0.717, 1.165) is 12.1 Å². The highest BCUT2D eigenvalue weighted by atomic mass is 19.4. The monoisotopic (exact) mass is 275 g/mol. The number of rotatable bonds is 2. The minimum Gasteiger partial charge on any atom is -0.506 e. The summed E-state index contributed by atoms with van der Waals surface area (Å²) in [6.07, 6.45) is -4.00. The number of anilines is 1. The van der Waals surface area contributed by atoms with Crippen LogP contribution in [0.2, 0.25) is 0 Å². The smallest absolute Gasteiger partial charge is 0.416 e. The average Bonchev–Trinajstić information content (AvgIpc) is 2.84. The number of halogens is 3. The van der Waals surface area contributed by atoms with Crippen LogP contribution in [-0.4, -0.2) is 24.2 Å². The zero-order chi connectivity index (χ0) is 14.0. The number of amides is 1. The van der Waals surface area contributed by atoms with Gasteiger partial charge in [-0.1, -0.05) is 0 Å². The highest BCUT2D eigenvalue weighted by Gasteiger charge is 2.31. The fourth-order valence-electron chi connectivity index (χ4n) is 1.79. The normalized spacial score (nSPS) is 19.4. The Bertz CT molecular complexity index is 482. The summed E-state index contributed by atoms with van der Waals surface area (Å²) in [5.74, 6) is -1.25. The number of hydrogen-bond acceptors (Lipinski definition) is 3. The summed E-state index contributed by atoms with van der Waals surface area (Å²) >= 11 is 0. The quantitative estimate of drug-likeness (QED) is 0.815. The highest BCUT2D eigenvalue weighted by molar-refractivity contribution is 5.94. The SMILES string of the molecule is O=C(Nc1cc(C(F)(F)F)ccc1O)C1CCOC1. The van der Waals surface area contributed by atoms with Crippen molar-refractivity contribution in [1.82, 2.24) is 0 Å². The van der Waals surface area contributed by atoms with E-state index >= 15 is 0 Å². The number of aromatic hydroxyl groups is 1. The van der Waals surface area contributed by atoms with Crippen LogP contribution in [0.25, 0.3) is 0 Å². The molecule has 1 unspecified atom stereocenters. The number of ether oxygens (including phenoxy) is 1. The van der Waals surface area contributed by atoms with Crippen LogP contribution in [0, 0.1) is 5.92 Å². The molecule has 1 amide bonds. The van der Waals surface area contributed by atoms with Crippen LogP contribution >= 0.6 is 0 Å². The first-order valence-corrected chi connectivity index (χ1v) is 5.67. The molecule has 2 N–H and O–H groups in total. The first-order chi connectivity index (χ1) is 8.88. The van der Waals surface area contributed by atoms with Gasteiger partial charge in [-0.3, -0.25) is 4.79 Å². The van der Waals surface area contributed by atoms with E-state index < -0.39 is 29.3 Å². The maximum absolute atomic E-state index is 12.5. The lowest BCUT2D eigenvalue weighted by Crippen LogP contribution is -2.23. The lowest BCUT2D eigenvalue weighted by molar-refractivity contribution is -0.137. The average molecular weight is 275 g/mol. The lowest BCUT2D eigenvalue weighted by Gasteiger charge is -2.13. The molecule has 104 valence electrons. The van der Waals surface area contributed by atoms with Gasteiger partial charge >= 0.3 is 6.18 Å². The third-order valence-corrected chi connectivity index (χ3v) is 2.88. The molecule has 1 heterocycles. The summed E-state index contributed by atoms with van der Waals surface area (Å²) in [6, 6.07) is 2.37. The van der Waals surface area contributed by atoms with Crippen LogP contribution in [0.3, 0.4) is 0 Å². The molecule has 0 saturated carbocycles. The summed E-state index contributed by atoms with van der Waals surface area (Å²) in [6.45, 7) is 0.693. The molecule has 1 aromatic rings. The highest BCUT2D eigenvalue weighted by Crippen LogP contribution is 2.34. The van der Waals surface area contributed by atoms with Gasteiger partial charge in [-0.05, 0) is 24.6 Å². The first kappa shape index (κ1) is 13.7. The molecule has 1 saturated heterocycles. The van der Waals surface area contributed by atoms with Crippen molar-refractivity contribution in [2.75, 3.05) is 18.5 Å². The predicted molar refractivity (Wildman–Crippen MR) is 60.7 cm³/mol. The van der Waals surface area contributed by atoms with Crippen molar-refractivity contribution in [2.24, 2.45) is 5.92 Å². The van der Waals surface area contributed by atoms with E-state index in [4.69, 9.17) is 4.74 Å². The van der Waals surface area contributed by atoms with Crippen LogP contribution in [0.5, 0.6) is 5.75 Å². The molecule has 1 aliphatic heterocycles. The molecule has 0 bridgehead atoms. The van der Waals surface area contributed by atoms with Crippen molar-refractivity contribution in [3.8, 4) is 5.75 Å². The Balaban J connectivity index is 2.17. The molecule has 2 rings (SSSR count). The Morgan fingerprint density at radius 1 is 1.42 bits per heavy atom. The molecule has 0 radical (unpaired) electrons. The number of alkyl halides is 3. The van der Waals surface area contributed by atoms with E-state index in [0.29, 0.717) is 19.1 Å². The van der Waals surface area contributed by atoms with Gasteiger partial charge in [0.2, 0.25) is 5.91 Å². The van der Waals surface area contributed by atoms with Gasteiger partial charge in [-0.25, -0.2) is 0 Å². The number of carbonyl (C=O) groups excluding carboxylic acids is 1. The molecule has 0 aromatic heterocycles. The molecule has 19 heavy (non-hydrogen) atoms. The first-order valence-electron chi connectivity index (χ1n) is 5.67. The van der Waals surface area contributed by atoms with Crippen LogP contribution in [0.4, 0.5) is 18.9 Å². The zero-order valence-electron chi connectivity index (χ0n) is 9.83. The Hall–Kier alpha value is -1.76. The third-order valence-electron chi connectivity index (χ3n) is 2.88. The van der Waals surface area contributed by atoms with Gasteiger partial charge in [0.05, 0.1) is 23.8 Å². The summed E-state index contributed by atoms with van der Waals surface area (Å²) in [5, 5.41) is 11.8. The summed E-state index contributed by atoms with van der Waals surface area (Å²) in [4.78, 5) is 11.7. The fraction of sp³-hybridized carbons (Fsp3) is 0.417. The molecular weight excluding hydrogens is 263 g/mol. The molecule has 0 spiro atoms. The summed E-state index contributed by atoms with van der Waals surface area (Å²) in [7, 11) is 0. The van der Waals surface area contributed by atoms with Gasteiger partial charge in [-0.2, -0.15) is 13.2 Å². The van der Waals surface area contributed by atoms with Gasteiger partial charge in [0.25, 0.3) is 0 Å². The Labute approximate surface area is 107 Å². The van der Waals surface area contributed by atoms with Crippen LogP contribution in [0.1, 0.15) is 12.0 Å². The van der Waals surface area contributed by atoms with E-state index in [1.54, 1.807) is 0 Å². The van der Waals surface area contributed by atoms with E-state index in [1.807, 2.05) is 0 Å². The fourth-order valence-corrected chi connectivity index (χ4v) is 1.79. The van der Waals surface area contributed by atoms with Gasteiger partial charge in [0, 0.05) is 6.61 Å². The minimum atomic E-state index is -4.52. The second-order valence-corrected chi connectivity index (χ2v) is 4.28. The maximum atomic E-state index is 12.5. The molecule has 7 heteroatoms. The standard InChI is InChI=1S/C12H12F3NO3/c13-12(14,15)8-1-2-10(17)9(5-8)16-11(18)7-3-4-19-6-7/h1-2,5,7,17H,3-4,6H2,(H,16,18). The molecule has 4 nitrogen and oxygen atoms in total.